The zero-order chi connectivity index (χ0) is 95.0. The number of carbonyl (C=O) groups excluding carboxylic acids is 3. The first-order chi connectivity index (χ1) is 65.8. The van der Waals surface area contributed by atoms with Gasteiger partial charge >= 0.3 is 0 Å². The van der Waals surface area contributed by atoms with Gasteiger partial charge in [0.25, 0.3) is 0 Å². The van der Waals surface area contributed by atoms with Crippen LogP contribution >= 0.6 is 0 Å². The summed E-state index contributed by atoms with van der Waals surface area (Å²) in [6.07, 6.45) is 14.1. The molecule has 10 aliphatic rings. The van der Waals surface area contributed by atoms with Gasteiger partial charge in [0.2, 0.25) is 0 Å². The van der Waals surface area contributed by atoms with E-state index in [-0.39, 0.29) is 71.7 Å². The van der Waals surface area contributed by atoms with E-state index in [9.17, 15) is 58.9 Å². The van der Waals surface area contributed by atoms with Crippen LogP contribution in [0.25, 0.3) is 0 Å². The standard InChI is InChI=1S/C22H26FNO4.C22H24FNO4.C21H26N2O4.C21H24N2O4.C21H24N2O3/c2*1-27-17-3-5-18(6-4-17)28-19-8-15-11-24(12-16(15)9-19)13-22(26)14-2-7-21(25)20(23)10-14;2*1-26-17-3-5-18(6-4-17)27-19-8-14-11-23(12-15(14)9-19)13-21(25)20-7-2-16(24)10-22-20;1-14-2-5-18(6-3-14)26-19-8-15-11-23(12-16(15)9-19)13-21(25)20-7-4-17(24)10-22-20/h2-7,10,15-16,19,22,25-26H,8-9,11-13H2,1H3;2-7,10,15-16,19,25H,8-9,11-13H2,1H3;2-7,10,14-15,19,21,24-25H,8-9,11-13H2,1H3;2-7,10,14-15,19,24H,8-9,11-13H2,1H3;2-7,10,15-16,19,24H,8-9,11-13H2,1H3/t15-,16+,19?,22?;15-,16+,19?;14-,15+,19?,21?;14-,15+,19?;15-,16+,19?. The average molecular weight is 1860 g/mol. The number of halogens is 2. The number of rotatable bonds is 29. The number of methoxy groups -OCH3 is 4. The maximum absolute atomic E-state index is 13.5. The summed E-state index contributed by atoms with van der Waals surface area (Å²) >= 11 is 0. The number of aromatic hydroxyl groups is 5. The van der Waals surface area contributed by atoms with Gasteiger partial charge < -0.3 is 78.4 Å². The van der Waals surface area contributed by atoms with E-state index in [0.29, 0.717) is 114 Å². The Hall–Kier alpha value is -12.2. The van der Waals surface area contributed by atoms with E-state index in [2.05, 4.69) is 58.5 Å². The van der Waals surface area contributed by atoms with Crippen molar-refractivity contribution in [1.29, 1.82) is 0 Å². The number of phenols is 2. The Labute approximate surface area is 792 Å². The molecule has 5 saturated heterocycles. The van der Waals surface area contributed by atoms with E-state index < -0.39 is 35.3 Å². The molecule has 0 spiro atoms. The lowest BCUT2D eigenvalue weighted by molar-refractivity contribution is 0.0923. The number of likely N-dealkylation sites (tertiary alicyclic amines) is 5. The van der Waals surface area contributed by atoms with Gasteiger partial charge in [-0.25, -0.2) is 18.7 Å². The van der Waals surface area contributed by atoms with E-state index in [1.807, 2.05) is 109 Å². The maximum atomic E-state index is 13.5. The van der Waals surface area contributed by atoms with Crippen LogP contribution in [0, 0.1) is 77.7 Å². The van der Waals surface area contributed by atoms with Crippen LogP contribution in [0.15, 0.2) is 213 Å². The summed E-state index contributed by atoms with van der Waals surface area (Å²) in [4.78, 5) is 60.4. The van der Waals surface area contributed by atoms with Gasteiger partial charge in [-0.1, -0.05) is 23.8 Å². The van der Waals surface area contributed by atoms with Crippen LogP contribution in [0.4, 0.5) is 8.78 Å². The Balaban J connectivity index is 0.000000123. The van der Waals surface area contributed by atoms with E-state index >= 15 is 0 Å². The minimum Gasteiger partial charge on any atom is -0.506 e. The lowest BCUT2D eigenvalue weighted by Crippen LogP contribution is -2.30. The number of carbonyl (C=O) groups is 3. The molecule has 5 aliphatic heterocycles. The number of benzene rings is 7. The van der Waals surface area contributed by atoms with Crippen LogP contribution in [0.3, 0.4) is 0 Å². The predicted molar refractivity (Wildman–Crippen MR) is 505 cm³/mol. The number of aliphatic hydroxyl groups excluding tert-OH is 2. The number of β-amino-alcohol motifs (C(OH)–C–C–N with tert-alkyl or cyclic N) is 2. The molecule has 136 heavy (non-hydrogen) atoms. The lowest BCUT2D eigenvalue weighted by Gasteiger charge is -2.22. The van der Waals surface area contributed by atoms with Crippen LogP contribution in [0.1, 0.15) is 125 Å². The van der Waals surface area contributed by atoms with E-state index in [0.717, 1.165) is 187 Å². The number of pyridine rings is 3. The highest BCUT2D eigenvalue weighted by Gasteiger charge is 2.48. The summed E-state index contributed by atoms with van der Waals surface area (Å²) in [5.41, 5.74) is 3.46. The zero-order valence-corrected chi connectivity index (χ0v) is 77.6. The van der Waals surface area contributed by atoms with Crippen molar-refractivity contribution in [2.75, 3.05) is 127 Å². The van der Waals surface area contributed by atoms with Gasteiger partial charge in [0.15, 0.2) is 40.5 Å². The Morgan fingerprint density at radius 3 is 0.882 bits per heavy atom. The molecule has 720 valence electrons. The summed E-state index contributed by atoms with van der Waals surface area (Å²) in [5, 5.41) is 67.3. The molecular weight excluding hydrogens is 1740 g/mol. The highest BCUT2D eigenvalue weighted by Crippen LogP contribution is 2.46. The van der Waals surface area contributed by atoms with Crippen molar-refractivity contribution < 1.29 is 102 Å². The molecule has 27 nitrogen and oxygen atoms in total. The predicted octanol–water partition coefficient (Wildman–Crippen LogP) is 15.3. The fourth-order valence-electron chi connectivity index (χ4n) is 21.7. The first kappa shape index (κ1) is 96.9. The highest BCUT2D eigenvalue weighted by molar-refractivity contribution is 5.98. The lowest BCUT2D eigenvalue weighted by atomic mass is 10.0. The minimum absolute atomic E-state index is 0.000932. The van der Waals surface area contributed by atoms with Crippen LogP contribution in [-0.2, 0) is 0 Å². The molecule has 5 saturated carbocycles. The van der Waals surface area contributed by atoms with Crippen molar-refractivity contribution in [3.05, 3.63) is 258 Å². The number of aromatic nitrogens is 3. The number of Topliss-reactive ketones (excluding diaryl/α,β-unsaturated/α-hetero) is 3. The van der Waals surface area contributed by atoms with Crippen LogP contribution < -0.4 is 42.6 Å². The number of fused-ring (bicyclic) bond motifs is 5. The summed E-state index contributed by atoms with van der Waals surface area (Å²) in [6, 6.07) is 56.3. The van der Waals surface area contributed by atoms with Crippen LogP contribution in [0.2, 0.25) is 0 Å². The van der Waals surface area contributed by atoms with Crippen molar-refractivity contribution in [2.45, 2.75) is 114 Å². The molecule has 0 bridgehead atoms. The fraction of sp³-hybridized carbons (Fsp3) is 0.439. The van der Waals surface area contributed by atoms with E-state index in [4.69, 9.17) is 42.6 Å². The van der Waals surface area contributed by atoms with Gasteiger partial charge in [0.05, 0.1) is 109 Å². The normalized spacial score (nSPS) is 25.1. The monoisotopic (exact) mass is 1860 g/mol. The highest BCUT2D eigenvalue weighted by atomic mass is 19.1. The Bertz CT molecular complexity index is 5500. The third-order valence-electron chi connectivity index (χ3n) is 28.5. The topological polar surface area (TPSA) is 331 Å². The number of aliphatic hydroxyl groups is 2. The summed E-state index contributed by atoms with van der Waals surface area (Å²) in [5.74, 6) is 11.4. The summed E-state index contributed by atoms with van der Waals surface area (Å²) in [6.45, 7) is 13.5. The van der Waals surface area contributed by atoms with Gasteiger partial charge in [-0.15, -0.1) is 0 Å². The maximum Gasteiger partial charge on any atom is 0.195 e. The van der Waals surface area contributed by atoms with Gasteiger partial charge in [0, 0.05) is 84.1 Å². The molecule has 7 N–H and O–H groups in total. The van der Waals surface area contributed by atoms with E-state index in [1.165, 1.54) is 60.6 Å². The van der Waals surface area contributed by atoms with Crippen molar-refractivity contribution in [1.82, 2.24) is 39.5 Å². The fourth-order valence-corrected chi connectivity index (χ4v) is 21.7. The first-order valence-corrected chi connectivity index (χ1v) is 47.3. The Kier molecular flexibility index (Phi) is 32.2. The molecule has 29 heteroatoms. The molecule has 20 rings (SSSR count). The van der Waals surface area contributed by atoms with Crippen molar-refractivity contribution in [3.63, 3.8) is 0 Å². The second-order valence-electron chi connectivity index (χ2n) is 38.1. The number of phenolic OH excluding ortho intramolecular Hbond substituents is 2. The molecule has 0 radical (unpaired) electrons. The second kappa shape index (κ2) is 45.2. The van der Waals surface area contributed by atoms with Crippen molar-refractivity contribution in [2.24, 2.45) is 59.2 Å². The zero-order valence-electron chi connectivity index (χ0n) is 77.6. The van der Waals surface area contributed by atoms with Crippen LogP contribution in [-0.4, -0.2) is 250 Å². The summed E-state index contributed by atoms with van der Waals surface area (Å²) in [7, 11) is 6.61. The molecule has 10 aromatic rings. The Morgan fingerprint density at radius 2 is 0.596 bits per heavy atom. The molecule has 17 atom stereocenters. The molecule has 10 fully saturated rings. The Morgan fingerprint density at radius 1 is 0.324 bits per heavy atom. The molecule has 0 amide bonds. The number of hydrogen-bond donors (Lipinski definition) is 7. The number of hydrogen-bond acceptors (Lipinski definition) is 27. The number of ether oxygens (including phenoxy) is 9. The number of aryl methyl sites for hydroxylation is 1. The number of ketones is 3. The van der Waals surface area contributed by atoms with Gasteiger partial charge in [-0.2, -0.15) is 0 Å². The number of nitrogens with zero attached hydrogens (tertiary/aromatic N) is 8. The van der Waals surface area contributed by atoms with Crippen molar-refractivity contribution in [3.8, 4) is 80.5 Å². The van der Waals surface area contributed by atoms with E-state index in [1.54, 1.807) is 58.8 Å². The quantitative estimate of drug-likeness (QED) is 0.0214. The molecule has 3 aromatic heterocycles. The third kappa shape index (κ3) is 25.9. The minimum atomic E-state index is -0.764. The SMILES string of the molecule is COc1ccc(OC2C[C@@H]3CN(CC(=O)c4ccc(O)c(F)c4)C[C@@H]3C2)cc1.COc1ccc(OC2C[C@@H]3CN(CC(=O)c4ccc(O)cn4)C[C@@H]3C2)cc1.COc1ccc(OC2C[C@@H]3CN(CC(O)c4ccc(O)c(F)c4)C[C@@H]3C2)cc1.COc1ccc(OC2C[C@@H]3CN(CC(O)c4ccc(O)cn4)C[C@@H]3C2)cc1.Cc1ccc(OC2C[C@@H]3CN(CC(=O)c4ccc(O)cn4)C[C@@H]3C2)cc1. The first-order valence-electron chi connectivity index (χ1n) is 47.3. The summed E-state index contributed by atoms with van der Waals surface area (Å²) < 4.78 is 78.4. The van der Waals surface area contributed by atoms with Gasteiger partial charge in [-0.05, 0) is 312 Å². The smallest absolute Gasteiger partial charge is 0.195 e. The molecule has 7 aromatic carbocycles. The van der Waals surface area contributed by atoms with Crippen molar-refractivity contribution >= 4 is 17.3 Å². The molecular formula is C107H124F2N8O19. The van der Waals surface area contributed by atoms with Gasteiger partial charge in [0.1, 0.15) is 86.5 Å². The molecule has 5 aliphatic carbocycles. The second-order valence-corrected chi connectivity index (χ2v) is 38.1. The largest absolute Gasteiger partial charge is 0.506 e. The van der Waals surface area contributed by atoms with Gasteiger partial charge in [-0.3, -0.25) is 43.9 Å². The molecule has 7 unspecified atom stereocenters. The van der Waals surface area contributed by atoms with Crippen LogP contribution in [0.5, 0.6) is 80.5 Å². The third-order valence-corrected chi connectivity index (χ3v) is 28.5. The average Bonchev–Trinajstić information content (AvgIpc) is 1.67. The molecule has 8 heterocycles.